The van der Waals surface area contributed by atoms with E-state index in [1.807, 2.05) is 0 Å². The van der Waals surface area contributed by atoms with E-state index in [1.54, 1.807) is 12.1 Å². The lowest BCUT2D eigenvalue weighted by Crippen LogP contribution is -2.32. The van der Waals surface area contributed by atoms with Crippen molar-refractivity contribution in [2.45, 2.75) is 11.8 Å². The van der Waals surface area contributed by atoms with Gasteiger partial charge in [-0.2, -0.15) is 16.7 Å². The van der Waals surface area contributed by atoms with Crippen molar-refractivity contribution in [3.63, 3.8) is 0 Å². The Labute approximate surface area is 118 Å². The van der Waals surface area contributed by atoms with Crippen LogP contribution < -0.4 is 5.73 Å². The van der Waals surface area contributed by atoms with E-state index in [1.165, 1.54) is 23.9 Å². The molecule has 1 atom stereocenters. The van der Waals surface area contributed by atoms with E-state index in [0.29, 0.717) is 23.0 Å². The quantitative estimate of drug-likeness (QED) is 0.833. The van der Waals surface area contributed by atoms with Crippen molar-refractivity contribution in [2.24, 2.45) is 5.73 Å². The minimum atomic E-state index is -1.04. The smallest absolute Gasteiger partial charge is 0.321 e. The van der Waals surface area contributed by atoms with Crippen LogP contribution in [0.2, 0.25) is 0 Å². The first-order valence-corrected chi connectivity index (χ1v) is 6.86. The van der Waals surface area contributed by atoms with Crippen LogP contribution in [0.5, 0.6) is 0 Å². The van der Waals surface area contributed by atoms with Crippen molar-refractivity contribution in [3.8, 4) is 11.5 Å². The molecule has 1 aromatic heterocycles. The zero-order chi connectivity index (χ0) is 14.5. The normalized spacial score (nSPS) is 12.3. The Bertz CT molecular complexity index is 588. The van der Waals surface area contributed by atoms with Crippen LogP contribution in [0.25, 0.3) is 11.5 Å². The maximum absolute atomic E-state index is 12.8. The van der Waals surface area contributed by atoms with Crippen LogP contribution in [0.15, 0.2) is 28.8 Å². The van der Waals surface area contributed by atoms with Gasteiger partial charge >= 0.3 is 5.97 Å². The summed E-state index contributed by atoms with van der Waals surface area (Å²) in [5, 5.41) is 12.4. The van der Waals surface area contributed by atoms with Crippen LogP contribution >= 0.6 is 11.8 Å². The summed E-state index contributed by atoms with van der Waals surface area (Å²) < 4.78 is 17.8. The summed E-state index contributed by atoms with van der Waals surface area (Å²) >= 11 is 1.30. The molecule has 8 heteroatoms. The second-order valence-electron chi connectivity index (χ2n) is 3.98. The van der Waals surface area contributed by atoms with E-state index in [2.05, 4.69) is 10.1 Å². The van der Waals surface area contributed by atoms with Crippen molar-refractivity contribution in [3.05, 3.63) is 35.9 Å². The first-order valence-electron chi connectivity index (χ1n) is 5.71. The van der Waals surface area contributed by atoms with Gasteiger partial charge in [-0.05, 0) is 24.3 Å². The summed E-state index contributed by atoms with van der Waals surface area (Å²) in [6.45, 7) is 0. The number of aromatic nitrogens is 2. The first-order chi connectivity index (χ1) is 9.56. The van der Waals surface area contributed by atoms with E-state index in [4.69, 9.17) is 15.4 Å². The van der Waals surface area contributed by atoms with Gasteiger partial charge in [-0.25, -0.2) is 4.39 Å². The predicted octanol–water partition coefficient (Wildman–Crippen LogP) is 1.52. The number of thioether (sulfide) groups is 1. The number of carbonyl (C=O) groups is 1. The van der Waals surface area contributed by atoms with Crippen molar-refractivity contribution < 1.29 is 18.8 Å². The predicted molar refractivity (Wildman–Crippen MR) is 71.5 cm³/mol. The Morgan fingerprint density at radius 1 is 1.45 bits per heavy atom. The van der Waals surface area contributed by atoms with Gasteiger partial charge in [0.25, 0.3) is 5.89 Å². The summed E-state index contributed by atoms with van der Waals surface area (Å²) in [5.41, 5.74) is 5.99. The number of nitrogens with zero attached hydrogens (tertiary/aromatic N) is 2. The highest BCUT2D eigenvalue weighted by molar-refractivity contribution is 7.98. The van der Waals surface area contributed by atoms with Gasteiger partial charge in [-0.15, -0.1) is 0 Å². The van der Waals surface area contributed by atoms with Gasteiger partial charge < -0.3 is 15.4 Å². The zero-order valence-electron chi connectivity index (χ0n) is 10.3. The fourth-order valence-electron chi connectivity index (χ4n) is 1.37. The molecule has 106 valence electrons. The minimum Gasteiger partial charge on any atom is -0.480 e. The molecule has 0 saturated carbocycles. The molecule has 6 nitrogen and oxygen atoms in total. The molecule has 2 aromatic rings. The molecule has 0 aliphatic carbocycles. The minimum absolute atomic E-state index is 0.260. The number of carboxylic acid groups (broad SMARTS) is 1. The average molecular weight is 297 g/mol. The Balaban J connectivity index is 1.92. The lowest BCUT2D eigenvalue weighted by atomic mass is 10.2. The van der Waals surface area contributed by atoms with Crippen molar-refractivity contribution in [2.75, 3.05) is 5.75 Å². The summed E-state index contributed by atoms with van der Waals surface area (Å²) in [4.78, 5) is 14.7. The van der Waals surface area contributed by atoms with Crippen molar-refractivity contribution in [1.82, 2.24) is 10.1 Å². The SMILES string of the molecule is N[C@H](CSCc1noc(-c2ccc(F)cc2)n1)C(=O)O. The van der Waals surface area contributed by atoms with Gasteiger partial charge in [-0.3, -0.25) is 4.79 Å². The molecule has 1 heterocycles. The van der Waals surface area contributed by atoms with Gasteiger partial charge in [0, 0.05) is 11.3 Å². The van der Waals surface area contributed by atoms with Gasteiger partial charge in [0.1, 0.15) is 11.9 Å². The van der Waals surface area contributed by atoms with E-state index in [0.717, 1.165) is 0 Å². The average Bonchev–Trinajstić information content (AvgIpc) is 2.88. The van der Waals surface area contributed by atoms with Crippen LogP contribution in [0.4, 0.5) is 4.39 Å². The van der Waals surface area contributed by atoms with Crippen LogP contribution in [0.3, 0.4) is 0 Å². The largest absolute Gasteiger partial charge is 0.480 e. The molecule has 1 aromatic carbocycles. The third kappa shape index (κ3) is 3.78. The Morgan fingerprint density at radius 2 is 2.15 bits per heavy atom. The van der Waals surface area contributed by atoms with Gasteiger partial charge in [-0.1, -0.05) is 5.16 Å². The Hall–Kier alpha value is -1.93. The Kier molecular flexibility index (Phi) is 4.70. The number of carboxylic acids is 1. The lowest BCUT2D eigenvalue weighted by molar-refractivity contribution is -0.137. The molecule has 3 N–H and O–H groups in total. The Morgan fingerprint density at radius 3 is 2.80 bits per heavy atom. The summed E-state index contributed by atoms with van der Waals surface area (Å²) in [7, 11) is 0. The molecule has 0 saturated heterocycles. The molecular weight excluding hydrogens is 285 g/mol. The lowest BCUT2D eigenvalue weighted by Gasteiger charge is -2.03. The second-order valence-corrected chi connectivity index (χ2v) is 5.01. The molecule has 0 amide bonds. The molecule has 0 radical (unpaired) electrons. The molecule has 0 fully saturated rings. The number of hydrogen-bond acceptors (Lipinski definition) is 6. The maximum Gasteiger partial charge on any atom is 0.321 e. The molecule has 0 bridgehead atoms. The number of aliphatic carboxylic acids is 1. The molecule has 0 unspecified atom stereocenters. The number of halogens is 1. The summed E-state index contributed by atoms with van der Waals surface area (Å²) in [6.07, 6.45) is 0. The second kappa shape index (κ2) is 6.49. The molecular formula is C12H12FN3O3S. The van der Waals surface area contributed by atoms with E-state index >= 15 is 0 Å². The van der Waals surface area contributed by atoms with Gasteiger partial charge in [0.15, 0.2) is 5.82 Å². The van der Waals surface area contributed by atoms with Crippen LogP contribution in [0.1, 0.15) is 5.82 Å². The topological polar surface area (TPSA) is 102 Å². The van der Waals surface area contributed by atoms with Crippen molar-refractivity contribution >= 4 is 17.7 Å². The van der Waals surface area contributed by atoms with Crippen molar-refractivity contribution in [1.29, 1.82) is 0 Å². The molecule has 2 rings (SSSR count). The molecule has 0 aliphatic heterocycles. The van der Waals surface area contributed by atoms with E-state index in [9.17, 15) is 9.18 Å². The highest BCUT2D eigenvalue weighted by atomic mass is 32.2. The maximum atomic E-state index is 12.8. The first kappa shape index (κ1) is 14.5. The molecule has 20 heavy (non-hydrogen) atoms. The number of rotatable bonds is 6. The zero-order valence-corrected chi connectivity index (χ0v) is 11.1. The van der Waals surface area contributed by atoms with Crippen LogP contribution in [-0.2, 0) is 10.5 Å². The fourth-order valence-corrected chi connectivity index (χ4v) is 2.18. The number of benzene rings is 1. The number of nitrogens with two attached hydrogens (primary N) is 1. The molecule has 0 spiro atoms. The van der Waals surface area contributed by atoms with Gasteiger partial charge in [0.05, 0.1) is 5.75 Å². The fraction of sp³-hybridized carbons (Fsp3) is 0.250. The standard InChI is InChI=1S/C12H12FN3O3S/c13-8-3-1-7(2-4-8)11-15-10(16-19-11)6-20-5-9(14)12(17)18/h1-4,9H,5-6,14H2,(H,17,18)/t9-/m1/s1. The summed E-state index contributed by atoms with van der Waals surface area (Å²) in [5.74, 6) is 0.000828. The molecule has 0 aliphatic rings. The summed E-state index contributed by atoms with van der Waals surface area (Å²) in [6, 6.07) is 4.78. The number of hydrogen-bond donors (Lipinski definition) is 2. The van der Waals surface area contributed by atoms with E-state index in [-0.39, 0.29) is 11.6 Å². The van der Waals surface area contributed by atoms with Gasteiger partial charge in [0.2, 0.25) is 0 Å². The van der Waals surface area contributed by atoms with E-state index < -0.39 is 12.0 Å². The van der Waals surface area contributed by atoms with Crippen LogP contribution in [0, 0.1) is 5.82 Å². The third-order valence-corrected chi connectivity index (χ3v) is 3.46. The monoisotopic (exact) mass is 297 g/mol. The highest BCUT2D eigenvalue weighted by Gasteiger charge is 2.13. The highest BCUT2D eigenvalue weighted by Crippen LogP contribution is 2.19. The third-order valence-electron chi connectivity index (χ3n) is 2.41. The van der Waals surface area contributed by atoms with Crippen LogP contribution in [-0.4, -0.2) is 33.0 Å².